The largest absolute Gasteiger partial charge is 0.444 e. The third-order valence-corrected chi connectivity index (χ3v) is 5.41. The van der Waals surface area contributed by atoms with Crippen molar-refractivity contribution >= 4 is 6.09 Å². The Morgan fingerprint density at radius 1 is 1.21 bits per heavy atom. The van der Waals surface area contributed by atoms with Gasteiger partial charge in [0.15, 0.2) is 0 Å². The molecule has 0 radical (unpaired) electrons. The van der Waals surface area contributed by atoms with Crippen LogP contribution in [0.3, 0.4) is 0 Å². The van der Waals surface area contributed by atoms with E-state index in [1.54, 1.807) is 0 Å². The zero-order valence-corrected chi connectivity index (χ0v) is 19.1. The predicted molar refractivity (Wildman–Crippen MR) is 118 cm³/mol. The second-order valence-electron chi connectivity index (χ2n) is 10.2. The molecule has 1 amide bonds. The van der Waals surface area contributed by atoms with Crippen LogP contribution in [0.25, 0.3) is 0 Å². The molecule has 1 aromatic rings. The highest BCUT2D eigenvalue weighted by Gasteiger charge is 2.36. The van der Waals surface area contributed by atoms with Crippen LogP contribution in [-0.4, -0.2) is 53.5 Å². The molecule has 0 bridgehead atoms. The van der Waals surface area contributed by atoms with E-state index < -0.39 is 5.60 Å². The Kier molecular flexibility index (Phi) is 8.12. The van der Waals surface area contributed by atoms with E-state index in [0.29, 0.717) is 6.42 Å². The summed E-state index contributed by atoms with van der Waals surface area (Å²) in [6.07, 6.45) is 3.29. The Morgan fingerprint density at radius 3 is 2.41 bits per heavy atom. The number of nitrogens with one attached hydrogen (secondary N) is 1. The number of hydrogen-bond donors (Lipinski definition) is 2. The molecular weight excluding hydrogens is 364 g/mol. The van der Waals surface area contributed by atoms with Gasteiger partial charge in [0.2, 0.25) is 0 Å². The second-order valence-corrected chi connectivity index (χ2v) is 10.2. The van der Waals surface area contributed by atoms with Gasteiger partial charge in [0.25, 0.3) is 0 Å². The van der Waals surface area contributed by atoms with E-state index >= 15 is 0 Å². The van der Waals surface area contributed by atoms with Gasteiger partial charge in [-0.05, 0) is 69.5 Å². The molecule has 0 spiro atoms. The molecule has 2 N–H and O–H groups in total. The summed E-state index contributed by atoms with van der Waals surface area (Å²) in [5.41, 5.74) is 2.22. The molecule has 0 aliphatic carbocycles. The second kappa shape index (κ2) is 9.94. The van der Waals surface area contributed by atoms with Crippen molar-refractivity contribution in [2.75, 3.05) is 19.7 Å². The number of amides is 1. The zero-order valence-electron chi connectivity index (χ0n) is 19.1. The topological polar surface area (TPSA) is 61.8 Å². The Morgan fingerprint density at radius 2 is 1.86 bits per heavy atom. The molecule has 29 heavy (non-hydrogen) atoms. The van der Waals surface area contributed by atoms with Gasteiger partial charge in [0.05, 0.1) is 6.04 Å². The summed E-state index contributed by atoms with van der Waals surface area (Å²) < 4.78 is 5.65. The third kappa shape index (κ3) is 7.31. The number of rotatable bonds is 7. The van der Waals surface area contributed by atoms with Crippen LogP contribution in [0.4, 0.5) is 4.79 Å². The van der Waals surface area contributed by atoms with Crippen LogP contribution in [0.1, 0.15) is 71.9 Å². The first-order valence-electron chi connectivity index (χ1n) is 10.9. The van der Waals surface area contributed by atoms with E-state index in [0.717, 1.165) is 32.4 Å². The SMILES string of the molecule is CC(C)(C)OC(=O)N1CCC[C@H]1C(Cc1ccc(C(C)(C)C)cc1)NCCCO. The van der Waals surface area contributed by atoms with Gasteiger partial charge in [0.1, 0.15) is 5.60 Å². The normalized spacial score (nSPS) is 18.7. The average Bonchev–Trinajstić information content (AvgIpc) is 3.09. The number of carbonyl (C=O) groups is 1. The van der Waals surface area contributed by atoms with E-state index in [4.69, 9.17) is 4.74 Å². The van der Waals surface area contributed by atoms with Crippen molar-refractivity contribution in [1.29, 1.82) is 0 Å². The van der Waals surface area contributed by atoms with Crippen molar-refractivity contribution in [3.05, 3.63) is 35.4 Å². The van der Waals surface area contributed by atoms with Gasteiger partial charge in [-0.1, -0.05) is 45.0 Å². The van der Waals surface area contributed by atoms with Crippen LogP contribution in [0.5, 0.6) is 0 Å². The van der Waals surface area contributed by atoms with Gasteiger partial charge in [-0.25, -0.2) is 4.79 Å². The minimum Gasteiger partial charge on any atom is -0.444 e. The highest BCUT2D eigenvalue weighted by molar-refractivity contribution is 5.69. The fourth-order valence-electron chi connectivity index (χ4n) is 3.86. The Labute approximate surface area is 176 Å². The predicted octanol–water partition coefficient (Wildman–Crippen LogP) is 4.27. The third-order valence-electron chi connectivity index (χ3n) is 5.41. The molecule has 164 valence electrons. The van der Waals surface area contributed by atoms with Gasteiger partial charge in [-0.15, -0.1) is 0 Å². The minimum atomic E-state index is -0.493. The number of benzene rings is 1. The Bertz CT molecular complexity index is 644. The fraction of sp³-hybridized carbons (Fsp3) is 0.708. The summed E-state index contributed by atoms with van der Waals surface area (Å²) in [7, 11) is 0. The molecule has 0 saturated carbocycles. The summed E-state index contributed by atoms with van der Waals surface area (Å²) in [6.45, 7) is 14.0. The molecule has 1 aliphatic heterocycles. The van der Waals surface area contributed by atoms with Crippen molar-refractivity contribution in [3.63, 3.8) is 0 Å². The maximum atomic E-state index is 12.7. The van der Waals surface area contributed by atoms with Crippen molar-refractivity contribution in [2.45, 2.75) is 90.3 Å². The van der Waals surface area contributed by atoms with E-state index in [-0.39, 0.29) is 30.2 Å². The molecule has 1 fully saturated rings. The number of nitrogens with zero attached hydrogens (tertiary/aromatic N) is 1. The average molecular weight is 405 g/mol. The summed E-state index contributed by atoms with van der Waals surface area (Å²) in [4.78, 5) is 14.6. The van der Waals surface area contributed by atoms with Crippen molar-refractivity contribution < 1.29 is 14.6 Å². The van der Waals surface area contributed by atoms with E-state index in [1.807, 2.05) is 25.7 Å². The lowest BCUT2D eigenvalue weighted by Gasteiger charge is -2.34. The van der Waals surface area contributed by atoms with Crippen molar-refractivity contribution in [1.82, 2.24) is 10.2 Å². The standard InChI is InChI=1S/C24H40N2O3/c1-23(2,3)19-12-10-18(11-13-19)17-20(25-14-8-16-27)21-9-7-15-26(21)22(28)29-24(4,5)6/h10-13,20-21,25,27H,7-9,14-17H2,1-6H3/t20?,21-/m0/s1. The molecule has 1 saturated heterocycles. The number of hydrogen-bond acceptors (Lipinski definition) is 4. The summed E-state index contributed by atoms with van der Waals surface area (Å²) >= 11 is 0. The molecule has 5 nitrogen and oxygen atoms in total. The van der Waals surface area contributed by atoms with E-state index in [2.05, 4.69) is 50.4 Å². The first kappa shape index (κ1) is 23.7. The van der Waals surface area contributed by atoms with Crippen molar-refractivity contribution in [2.24, 2.45) is 0 Å². The highest BCUT2D eigenvalue weighted by Crippen LogP contribution is 2.26. The van der Waals surface area contributed by atoms with E-state index in [1.165, 1.54) is 11.1 Å². The molecular formula is C24H40N2O3. The zero-order chi connectivity index (χ0) is 21.7. The van der Waals surface area contributed by atoms with Crippen LogP contribution < -0.4 is 5.32 Å². The van der Waals surface area contributed by atoms with Crippen molar-refractivity contribution in [3.8, 4) is 0 Å². The van der Waals surface area contributed by atoms with Crippen LogP contribution in [0.2, 0.25) is 0 Å². The lowest BCUT2D eigenvalue weighted by molar-refractivity contribution is 0.0195. The first-order chi connectivity index (χ1) is 13.5. The van der Waals surface area contributed by atoms with Crippen LogP contribution in [0.15, 0.2) is 24.3 Å². The smallest absolute Gasteiger partial charge is 0.410 e. The molecule has 2 rings (SSSR count). The van der Waals surface area contributed by atoms with Gasteiger partial charge in [0, 0.05) is 19.2 Å². The summed E-state index contributed by atoms with van der Waals surface area (Å²) in [5, 5.41) is 12.8. The molecule has 1 aliphatic rings. The van der Waals surface area contributed by atoms with Crippen LogP contribution >= 0.6 is 0 Å². The number of aliphatic hydroxyl groups excluding tert-OH is 1. The first-order valence-corrected chi connectivity index (χ1v) is 10.9. The molecule has 1 unspecified atom stereocenters. The van der Waals surface area contributed by atoms with Gasteiger partial charge >= 0.3 is 6.09 Å². The minimum absolute atomic E-state index is 0.103. The van der Waals surface area contributed by atoms with Crippen LogP contribution in [0, 0.1) is 0 Å². The lowest BCUT2D eigenvalue weighted by Crippen LogP contribution is -2.51. The van der Waals surface area contributed by atoms with Gasteiger partial charge in [-0.3, -0.25) is 0 Å². The van der Waals surface area contributed by atoms with E-state index in [9.17, 15) is 9.90 Å². The molecule has 5 heteroatoms. The maximum Gasteiger partial charge on any atom is 0.410 e. The Balaban J connectivity index is 2.15. The number of likely N-dealkylation sites (tertiary alicyclic amines) is 1. The van der Waals surface area contributed by atoms with Crippen LogP contribution in [-0.2, 0) is 16.6 Å². The molecule has 0 aromatic heterocycles. The Hall–Kier alpha value is -1.59. The molecule has 1 aromatic carbocycles. The fourth-order valence-corrected chi connectivity index (χ4v) is 3.86. The quantitative estimate of drug-likeness (QED) is 0.667. The summed E-state index contributed by atoms with van der Waals surface area (Å²) in [5.74, 6) is 0. The summed E-state index contributed by atoms with van der Waals surface area (Å²) in [6, 6.07) is 9.06. The molecule has 2 atom stereocenters. The van der Waals surface area contributed by atoms with Gasteiger partial charge < -0.3 is 20.1 Å². The highest BCUT2D eigenvalue weighted by atomic mass is 16.6. The number of aliphatic hydroxyl groups is 1. The molecule has 1 heterocycles. The lowest BCUT2D eigenvalue weighted by atomic mass is 9.86. The maximum absolute atomic E-state index is 12.7. The number of carbonyl (C=O) groups excluding carboxylic acids is 1. The van der Waals surface area contributed by atoms with Gasteiger partial charge in [-0.2, -0.15) is 0 Å². The monoisotopic (exact) mass is 404 g/mol. The number of ether oxygens (including phenoxy) is 1.